The number of pyridine rings is 1. The standard InChI is InChI=1S/C20H24N2O6/c1-20(2,3)28-17(24)10-9-14(19(26)27-4)22-18(25)15-11-16(23)12-7-5-6-8-13(12)21-15/h5-8,11,14H,9-10H2,1-4H3,(H,21,23)(H,22,25). The molecule has 2 N–H and O–H groups in total. The normalized spacial score (nSPS) is 12.3. The molecule has 8 heteroatoms. The van der Waals surface area contributed by atoms with Crippen LogP contribution in [0.15, 0.2) is 30.3 Å². The van der Waals surface area contributed by atoms with Gasteiger partial charge in [0, 0.05) is 17.9 Å². The number of para-hydroxylation sites is 1. The van der Waals surface area contributed by atoms with Crippen molar-refractivity contribution in [1.82, 2.24) is 10.3 Å². The predicted octanol–water partition coefficient (Wildman–Crippen LogP) is 2.33. The molecule has 2 aromatic rings. The quantitative estimate of drug-likeness (QED) is 0.730. The predicted molar refractivity (Wildman–Crippen MR) is 102 cm³/mol. The molecule has 1 aromatic heterocycles. The van der Waals surface area contributed by atoms with Crippen molar-refractivity contribution in [2.45, 2.75) is 45.3 Å². The average molecular weight is 388 g/mol. The molecule has 0 bridgehead atoms. The van der Waals surface area contributed by atoms with Gasteiger partial charge in [0.15, 0.2) is 0 Å². The number of fused-ring (bicyclic) bond motifs is 1. The average Bonchev–Trinajstić information content (AvgIpc) is 2.62. The largest absolute Gasteiger partial charge is 0.507 e. The lowest BCUT2D eigenvalue weighted by Gasteiger charge is -2.21. The highest BCUT2D eigenvalue weighted by Crippen LogP contribution is 2.23. The zero-order chi connectivity index (χ0) is 20.9. The summed E-state index contributed by atoms with van der Waals surface area (Å²) < 4.78 is 9.91. The van der Waals surface area contributed by atoms with Gasteiger partial charge in [0.05, 0.1) is 12.6 Å². The van der Waals surface area contributed by atoms with Crippen LogP contribution in [0.2, 0.25) is 0 Å². The Morgan fingerprint density at radius 1 is 1.21 bits per heavy atom. The van der Waals surface area contributed by atoms with Crippen LogP contribution in [0, 0.1) is 0 Å². The maximum atomic E-state index is 12.5. The number of carbonyl (C=O) groups is 3. The Bertz CT molecular complexity index is 888. The molecule has 0 aliphatic heterocycles. The van der Waals surface area contributed by atoms with E-state index in [2.05, 4.69) is 10.3 Å². The minimum atomic E-state index is -1.06. The number of nitrogens with zero attached hydrogens (tertiary/aromatic N) is 1. The molecule has 2 rings (SSSR count). The lowest BCUT2D eigenvalue weighted by Crippen LogP contribution is -2.42. The van der Waals surface area contributed by atoms with Crippen molar-refractivity contribution in [3.8, 4) is 5.75 Å². The molecule has 0 aliphatic rings. The summed E-state index contributed by atoms with van der Waals surface area (Å²) >= 11 is 0. The van der Waals surface area contributed by atoms with Gasteiger partial charge in [0.1, 0.15) is 23.1 Å². The van der Waals surface area contributed by atoms with E-state index in [0.29, 0.717) is 10.9 Å². The number of carbonyl (C=O) groups excluding carboxylic acids is 3. The highest BCUT2D eigenvalue weighted by molar-refractivity contribution is 5.98. The highest BCUT2D eigenvalue weighted by atomic mass is 16.6. The Hall–Kier alpha value is -3.16. The SMILES string of the molecule is COC(=O)C(CCC(=O)OC(C)(C)C)NC(=O)c1cc(O)c2ccccc2n1. The third kappa shape index (κ3) is 5.67. The molecule has 0 radical (unpaired) electrons. The second-order valence-corrected chi connectivity index (χ2v) is 7.22. The first-order valence-corrected chi connectivity index (χ1v) is 8.80. The molecule has 0 saturated heterocycles. The summed E-state index contributed by atoms with van der Waals surface area (Å²) in [6, 6.07) is 6.98. The molecule has 0 spiro atoms. The number of aromatic nitrogens is 1. The number of methoxy groups -OCH3 is 1. The van der Waals surface area contributed by atoms with Gasteiger partial charge in [-0.15, -0.1) is 0 Å². The van der Waals surface area contributed by atoms with Gasteiger partial charge in [0.2, 0.25) is 0 Å². The fraction of sp³-hybridized carbons (Fsp3) is 0.400. The maximum Gasteiger partial charge on any atom is 0.328 e. The van der Waals surface area contributed by atoms with Crippen molar-refractivity contribution in [3.63, 3.8) is 0 Å². The smallest absolute Gasteiger partial charge is 0.328 e. The molecule has 1 amide bonds. The maximum absolute atomic E-state index is 12.5. The number of amides is 1. The fourth-order valence-corrected chi connectivity index (χ4v) is 2.55. The Morgan fingerprint density at radius 2 is 1.89 bits per heavy atom. The zero-order valence-electron chi connectivity index (χ0n) is 16.3. The van der Waals surface area contributed by atoms with Crippen LogP contribution in [0.1, 0.15) is 44.1 Å². The number of hydrogen-bond donors (Lipinski definition) is 2. The first-order valence-electron chi connectivity index (χ1n) is 8.80. The van der Waals surface area contributed by atoms with Gasteiger partial charge in [-0.1, -0.05) is 12.1 Å². The van der Waals surface area contributed by atoms with Gasteiger partial charge in [-0.05, 0) is 39.3 Å². The fourth-order valence-electron chi connectivity index (χ4n) is 2.55. The summed E-state index contributed by atoms with van der Waals surface area (Å²) in [6.45, 7) is 5.22. The third-order valence-electron chi connectivity index (χ3n) is 3.78. The number of benzene rings is 1. The van der Waals surface area contributed by atoms with Crippen LogP contribution in [-0.4, -0.2) is 46.7 Å². The molecule has 1 atom stereocenters. The van der Waals surface area contributed by atoms with Crippen molar-refractivity contribution in [1.29, 1.82) is 0 Å². The van der Waals surface area contributed by atoms with Crippen LogP contribution in [0.3, 0.4) is 0 Å². The van der Waals surface area contributed by atoms with Crippen molar-refractivity contribution >= 4 is 28.7 Å². The second kappa shape index (κ2) is 8.69. The van der Waals surface area contributed by atoms with Gasteiger partial charge in [0.25, 0.3) is 5.91 Å². The summed E-state index contributed by atoms with van der Waals surface area (Å²) in [5, 5.41) is 13.1. The van der Waals surface area contributed by atoms with Crippen LogP contribution < -0.4 is 5.32 Å². The number of ether oxygens (including phenoxy) is 2. The first-order chi connectivity index (χ1) is 13.1. The molecule has 0 fully saturated rings. The molecular weight excluding hydrogens is 364 g/mol. The molecule has 0 aliphatic carbocycles. The van der Waals surface area contributed by atoms with Gasteiger partial charge >= 0.3 is 11.9 Å². The van der Waals surface area contributed by atoms with Crippen LogP contribution in [-0.2, 0) is 19.1 Å². The number of esters is 2. The minimum absolute atomic E-state index is 0.00684. The van der Waals surface area contributed by atoms with E-state index in [-0.39, 0.29) is 24.3 Å². The van der Waals surface area contributed by atoms with E-state index in [9.17, 15) is 19.5 Å². The van der Waals surface area contributed by atoms with Crippen LogP contribution in [0.4, 0.5) is 0 Å². The molecule has 1 aromatic carbocycles. The second-order valence-electron chi connectivity index (χ2n) is 7.22. The summed E-state index contributed by atoms with van der Waals surface area (Å²) in [5.74, 6) is -1.95. The zero-order valence-corrected chi connectivity index (χ0v) is 16.3. The summed E-state index contributed by atoms with van der Waals surface area (Å²) in [7, 11) is 1.19. The summed E-state index contributed by atoms with van der Waals surface area (Å²) in [6.07, 6.45) is -0.0688. The number of hydrogen-bond acceptors (Lipinski definition) is 7. The van der Waals surface area contributed by atoms with Crippen molar-refractivity contribution in [2.75, 3.05) is 7.11 Å². The van der Waals surface area contributed by atoms with Crippen LogP contribution >= 0.6 is 0 Å². The molecule has 1 unspecified atom stereocenters. The molecular formula is C20H24N2O6. The van der Waals surface area contributed by atoms with E-state index in [4.69, 9.17) is 9.47 Å². The number of aromatic hydroxyl groups is 1. The van der Waals surface area contributed by atoms with Crippen LogP contribution in [0.5, 0.6) is 5.75 Å². The van der Waals surface area contributed by atoms with Crippen LogP contribution in [0.25, 0.3) is 10.9 Å². The number of nitrogens with one attached hydrogen (secondary N) is 1. The lowest BCUT2D eigenvalue weighted by atomic mass is 10.1. The molecule has 0 saturated carbocycles. The van der Waals surface area contributed by atoms with Gasteiger partial charge < -0.3 is 19.9 Å². The van der Waals surface area contributed by atoms with Crippen molar-refractivity contribution < 1.29 is 29.0 Å². The van der Waals surface area contributed by atoms with Crippen molar-refractivity contribution in [2.24, 2.45) is 0 Å². The Kier molecular flexibility index (Phi) is 6.56. The van der Waals surface area contributed by atoms with E-state index in [1.165, 1.54) is 13.2 Å². The first kappa shape index (κ1) is 21.1. The van der Waals surface area contributed by atoms with Crippen molar-refractivity contribution in [3.05, 3.63) is 36.0 Å². The van der Waals surface area contributed by atoms with E-state index < -0.39 is 29.5 Å². The third-order valence-corrected chi connectivity index (χ3v) is 3.78. The molecule has 8 nitrogen and oxygen atoms in total. The van der Waals surface area contributed by atoms with E-state index in [0.717, 1.165) is 0 Å². The van der Waals surface area contributed by atoms with E-state index in [1.807, 2.05) is 0 Å². The monoisotopic (exact) mass is 388 g/mol. The van der Waals surface area contributed by atoms with Gasteiger partial charge in [-0.25, -0.2) is 9.78 Å². The summed E-state index contributed by atoms with van der Waals surface area (Å²) in [5.41, 5.74) is -0.258. The molecule has 1 heterocycles. The van der Waals surface area contributed by atoms with E-state index >= 15 is 0 Å². The Labute approximate surface area is 162 Å². The highest BCUT2D eigenvalue weighted by Gasteiger charge is 2.25. The van der Waals surface area contributed by atoms with Gasteiger partial charge in [-0.2, -0.15) is 0 Å². The van der Waals surface area contributed by atoms with Gasteiger partial charge in [-0.3, -0.25) is 9.59 Å². The Morgan fingerprint density at radius 3 is 2.54 bits per heavy atom. The Balaban J connectivity index is 2.12. The molecule has 150 valence electrons. The van der Waals surface area contributed by atoms with E-state index in [1.54, 1.807) is 45.0 Å². The molecule has 28 heavy (non-hydrogen) atoms. The number of rotatable bonds is 6. The topological polar surface area (TPSA) is 115 Å². The minimum Gasteiger partial charge on any atom is -0.507 e. The summed E-state index contributed by atoms with van der Waals surface area (Å²) in [4.78, 5) is 40.6. The lowest BCUT2D eigenvalue weighted by molar-refractivity contribution is -0.155.